The number of nitro groups is 1. The molecule has 0 spiro atoms. The third-order valence-electron chi connectivity index (χ3n) is 3.89. The van der Waals surface area contributed by atoms with Gasteiger partial charge in [0.05, 0.1) is 23.3 Å². The van der Waals surface area contributed by atoms with Crippen LogP contribution < -0.4 is 10.1 Å². The maximum absolute atomic E-state index is 12.5. The lowest BCUT2D eigenvalue weighted by atomic mass is 10.1. The van der Waals surface area contributed by atoms with E-state index in [0.29, 0.717) is 18.1 Å². The van der Waals surface area contributed by atoms with Crippen LogP contribution in [0.15, 0.2) is 48.5 Å². The summed E-state index contributed by atoms with van der Waals surface area (Å²) in [5, 5.41) is 20.6. The normalized spacial score (nSPS) is 10.4. The van der Waals surface area contributed by atoms with Crippen molar-refractivity contribution in [1.82, 2.24) is 10.2 Å². The Balaban J connectivity index is 1.81. The lowest BCUT2D eigenvalue weighted by molar-refractivity contribution is -0.384. The first kappa shape index (κ1) is 18.1. The first-order valence-electron chi connectivity index (χ1n) is 8.33. The Morgan fingerprint density at radius 2 is 1.96 bits per heavy atom. The molecule has 0 saturated heterocycles. The van der Waals surface area contributed by atoms with Crippen molar-refractivity contribution in [2.24, 2.45) is 0 Å². The lowest BCUT2D eigenvalue weighted by Crippen LogP contribution is -2.13. The van der Waals surface area contributed by atoms with Gasteiger partial charge in [0.15, 0.2) is 0 Å². The number of aryl methyl sites for hydroxylation is 1. The van der Waals surface area contributed by atoms with Crippen LogP contribution in [0.4, 0.5) is 11.4 Å². The lowest BCUT2D eigenvalue weighted by Gasteiger charge is -2.07. The third-order valence-corrected chi connectivity index (χ3v) is 3.89. The van der Waals surface area contributed by atoms with Crippen LogP contribution in [0.3, 0.4) is 0 Å². The second kappa shape index (κ2) is 7.69. The maximum atomic E-state index is 12.5. The highest BCUT2D eigenvalue weighted by atomic mass is 16.6. The van der Waals surface area contributed by atoms with E-state index in [9.17, 15) is 14.9 Å². The minimum absolute atomic E-state index is 0.0833. The molecule has 0 radical (unpaired) electrons. The van der Waals surface area contributed by atoms with Crippen molar-refractivity contribution in [2.45, 2.75) is 13.8 Å². The van der Waals surface area contributed by atoms with Gasteiger partial charge in [0.25, 0.3) is 11.6 Å². The van der Waals surface area contributed by atoms with Gasteiger partial charge in [-0.1, -0.05) is 29.8 Å². The summed E-state index contributed by atoms with van der Waals surface area (Å²) in [7, 11) is 0. The van der Waals surface area contributed by atoms with Gasteiger partial charge in [-0.2, -0.15) is 5.10 Å². The molecule has 0 fully saturated rings. The Hall–Kier alpha value is -3.68. The molecule has 0 unspecified atom stereocenters. The van der Waals surface area contributed by atoms with Crippen molar-refractivity contribution in [1.29, 1.82) is 0 Å². The van der Waals surface area contributed by atoms with E-state index in [4.69, 9.17) is 4.74 Å². The number of carbonyl (C=O) groups is 1. The van der Waals surface area contributed by atoms with E-state index in [0.717, 1.165) is 11.1 Å². The molecule has 0 atom stereocenters. The third kappa shape index (κ3) is 4.12. The van der Waals surface area contributed by atoms with Crippen LogP contribution in [0.1, 0.15) is 23.0 Å². The molecule has 0 saturated carbocycles. The zero-order valence-corrected chi connectivity index (χ0v) is 14.9. The molecule has 1 amide bonds. The van der Waals surface area contributed by atoms with Gasteiger partial charge in [0.2, 0.25) is 0 Å². The summed E-state index contributed by atoms with van der Waals surface area (Å²) in [5.41, 5.74) is 2.64. The van der Waals surface area contributed by atoms with Crippen LogP contribution in [-0.4, -0.2) is 27.6 Å². The van der Waals surface area contributed by atoms with E-state index in [-0.39, 0.29) is 17.1 Å². The molecule has 0 aliphatic rings. The fraction of sp³-hybridized carbons (Fsp3) is 0.158. The minimum Gasteiger partial charge on any atom is -0.494 e. The molecule has 1 aromatic heterocycles. The molecular formula is C19H18N4O4. The molecule has 8 heteroatoms. The fourth-order valence-electron chi connectivity index (χ4n) is 2.52. The van der Waals surface area contributed by atoms with Crippen molar-refractivity contribution in [3.8, 4) is 17.0 Å². The molecule has 8 nitrogen and oxygen atoms in total. The number of aromatic amines is 1. The Morgan fingerprint density at radius 3 is 2.63 bits per heavy atom. The monoisotopic (exact) mass is 366 g/mol. The van der Waals surface area contributed by atoms with E-state index in [2.05, 4.69) is 15.5 Å². The summed E-state index contributed by atoms with van der Waals surface area (Å²) in [6.45, 7) is 4.15. The number of hydrogen-bond acceptors (Lipinski definition) is 5. The predicted molar refractivity (Wildman–Crippen MR) is 101 cm³/mol. The summed E-state index contributed by atoms with van der Waals surface area (Å²) in [4.78, 5) is 23.2. The van der Waals surface area contributed by atoms with Gasteiger partial charge in [0.1, 0.15) is 17.1 Å². The number of H-pyrrole nitrogens is 1. The highest BCUT2D eigenvalue weighted by Crippen LogP contribution is 2.29. The minimum atomic E-state index is -0.567. The van der Waals surface area contributed by atoms with Crippen molar-refractivity contribution < 1.29 is 14.5 Å². The van der Waals surface area contributed by atoms with Gasteiger partial charge in [-0.3, -0.25) is 20.0 Å². The highest BCUT2D eigenvalue weighted by Gasteiger charge is 2.19. The Bertz CT molecular complexity index is 980. The number of nitrogens with zero attached hydrogens (tertiary/aromatic N) is 2. The molecule has 3 aromatic rings. The van der Waals surface area contributed by atoms with Gasteiger partial charge < -0.3 is 10.1 Å². The van der Waals surface area contributed by atoms with E-state index >= 15 is 0 Å². The molecule has 0 bridgehead atoms. The smallest absolute Gasteiger partial charge is 0.296 e. The summed E-state index contributed by atoms with van der Waals surface area (Å²) in [6, 6.07) is 13.6. The van der Waals surface area contributed by atoms with Crippen LogP contribution in [-0.2, 0) is 0 Å². The summed E-state index contributed by atoms with van der Waals surface area (Å²) in [6.07, 6.45) is 0. The molecule has 2 aromatic carbocycles. The number of nitrogens with one attached hydrogen (secondary N) is 2. The number of amides is 1. The largest absolute Gasteiger partial charge is 0.494 e. The number of nitro benzene ring substituents is 1. The second-order valence-corrected chi connectivity index (χ2v) is 5.86. The van der Waals surface area contributed by atoms with E-state index in [1.807, 2.05) is 31.2 Å². The molecule has 2 N–H and O–H groups in total. The van der Waals surface area contributed by atoms with E-state index < -0.39 is 10.8 Å². The van der Waals surface area contributed by atoms with Crippen molar-refractivity contribution >= 4 is 17.3 Å². The SMILES string of the molecule is CCOc1ccc(NC(=O)c2cc(-c3ccc(C)cc3)n[nH]2)c([N+](=O)[O-])c1. The number of rotatable bonds is 6. The zero-order chi connectivity index (χ0) is 19.4. The van der Waals surface area contributed by atoms with Crippen LogP contribution in [0, 0.1) is 17.0 Å². The number of aromatic nitrogens is 2. The topological polar surface area (TPSA) is 110 Å². The van der Waals surface area contributed by atoms with Crippen LogP contribution in [0.25, 0.3) is 11.3 Å². The Kier molecular flexibility index (Phi) is 5.16. The summed E-state index contributed by atoms with van der Waals surface area (Å²) >= 11 is 0. The summed E-state index contributed by atoms with van der Waals surface area (Å²) in [5.74, 6) is -0.154. The van der Waals surface area contributed by atoms with Gasteiger partial charge in [-0.15, -0.1) is 0 Å². The van der Waals surface area contributed by atoms with E-state index in [1.165, 1.54) is 12.1 Å². The molecule has 3 rings (SSSR count). The second-order valence-electron chi connectivity index (χ2n) is 5.86. The maximum Gasteiger partial charge on any atom is 0.296 e. The quantitative estimate of drug-likeness (QED) is 0.507. The Morgan fingerprint density at radius 1 is 1.22 bits per heavy atom. The first-order valence-corrected chi connectivity index (χ1v) is 8.33. The zero-order valence-electron chi connectivity index (χ0n) is 14.9. The number of hydrogen-bond donors (Lipinski definition) is 2. The molecule has 27 heavy (non-hydrogen) atoms. The van der Waals surface area contributed by atoms with Gasteiger partial charge in [-0.25, -0.2) is 0 Å². The van der Waals surface area contributed by atoms with Gasteiger partial charge in [0, 0.05) is 5.56 Å². The van der Waals surface area contributed by atoms with Crippen molar-refractivity contribution in [3.05, 3.63) is 69.9 Å². The fourth-order valence-corrected chi connectivity index (χ4v) is 2.52. The first-order chi connectivity index (χ1) is 13.0. The number of benzene rings is 2. The molecule has 0 aliphatic heterocycles. The molecule has 138 valence electrons. The van der Waals surface area contributed by atoms with Crippen molar-refractivity contribution in [3.63, 3.8) is 0 Å². The van der Waals surface area contributed by atoms with Crippen molar-refractivity contribution in [2.75, 3.05) is 11.9 Å². The van der Waals surface area contributed by atoms with Gasteiger partial charge >= 0.3 is 0 Å². The molecular weight excluding hydrogens is 348 g/mol. The highest BCUT2D eigenvalue weighted by molar-refractivity contribution is 6.04. The summed E-state index contributed by atoms with van der Waals surface area (Å²) < 4.78 is 5.27. The van der Waals surface area contributed by atoms with Crippen LogP contribution in [0.2, 0.25) is 0 Å². The average Bonchev–Trinajstić information content (AvgIpc) is 3.14. The Labute approximate surface area is 155 Å². The van der Waals surface area contributed by atoms with E-state index in [1.54, 1.807) is 19.1 Å². The predicted octanol–water partition coefficient (Wildman–Crippen LogP) is 3.94. The number of carbonyl (C=O) groups excluding carboxylic acids is 1. The standard InChI is InChI=1S/C19H18N4O4/c1-3-27-14-8-9-15(18(10-14)23(25)26)20-19(24)17-11-16(21-22-17)13-6-4-12(2)5-7-13/h4-11H,3H2,1-2H3,(H,20,24)(H,21,22). The molecule has 1 heterocycles. The average molecular weight is 366 g/mol. The molecule has 0 aliphatic carbocycles. The number of anilines is 1. The van der Waals surface area contributed by atoms with Crippen LogP contribution >= 0.6 is 0 Å². The number of ether oxygens (including phenoxy) is 1. The van der Waals surface area contributed by atoms with Gasteiger partial charge in [-0.05, 0) is 32.0 Å². The van der Waals surface area contributed by atoms with Crippen LogP contribution in [0.5, 0.6) is 5.75 Å².